The molecule has 2 aliphatic rings. The highest BCUT2D eigenvalue weighted by Crippen LogP contribution is 2.38. The van der Waals surface area contributed by atoms with Gasteiger partial charge in [-0.3, -0.25) is 9.69 Å². The molecule has 1 aliphatic heterocycles. The minimum atomic E-state index is -1.05. The van der Waals surface area contributed by atoms with Crippen molar-refractivity contribution >= 4 is 62.2 Å². The minimum absolute atomic E-state index is 0.0731. The lowest BCUT2D eigenvalue weighted by Crippen LogP contribution is -2.39. The van der Waals surface area contributed by atoms with Gasteiger partial charge in [0, 0.05) is 16.1 Å². The lowest BCUT2D eigenvalue weighted by molar-refractivity contribution is -0.139. The van der Waals surface area contributed by atoms with E-state index < -0.39 is 12.6 Å². The molecule has 0 radical (unpaired) electrons. The van der Waals surface area contributed by atoms with Gasteiger partial charge in [0.05, 0.1) is 4.91 Å². The fraction of sp³-hybridized carbons (Fsp3) is 0.389. The van der Waals surface area contributed by atoms with Gasteiger partial charge >= 0.3 is 5.97 Å². The molecule has 1 amide bonds. The standard InChI is InChI=1S/C18H18BrNO4S2/c19-12-6-7-14(24-10-16(21)22)11(8-12)9-15-17(23)20(18(25)26-15)13-4-2-1-3-5-13/h6-9,13H,1-5,10H2,(H,21,22)/b15-9-. The summed E-state index contributed by atoms with van der Waals surface area (Å²) in [6.07, 6.45) is 7.17. The summed E-state index contributed by atoms with van der Waals surface area (Å²) in [5.41, 5.74) is 0.643. The molecule has 1 aromatic rings. The van der Waals surface area contributed by atoms with Crippen LogP contribution >= 0.6 is 39.9 Å². The van der Waals surface area contributed by atoms with Crippen LogP contribution in [0, 0.1) is 0 Å². The molecular weight excluding hydrogens is 438 g/mol. The maximum absolute atomic E-state index is 12.9. The number of carbonyl (C=O) groups excluding carboxylic acids is 1. The smallest absolute Gasteiger partial charge is 0.341 e. The molecule has 0 unspecified atom stereocenters. The number of benzene rings is 1. The number of amides is 1. The molecule has 1 saturated carbocycles. The van der Waals surface area contributed by atoms with Crippen LogP contribution < -0.4 is 4.74 Å². The number of aliphatic carboxylic acids is 1. The quantitative estimate of drug-likeness (QED) is 0.522. The molecule has 1 aromatic carbocycles. The van der Waals surface area contributed by atoms with E-state index >= 15 is 0 Å². The van der Waals surface area contributed by atoms with Crippen molar-refractivity contribution in [1.29, 1.82) is 0 Å². The number of hydrogen-bond donors (Lipinski definition) is 1. The van der Waals surface area contributed by atoms with Crippen molar-refractivity contribution in [3.05, 3.63) is 33.1 Å². The Morgan fingerprint density at radius 1 is 1.38 bits per heavy atom. The molecule has 138 valence electrons. The summed E-state index contributed by atoms with van der Waals surface area (Å²) >= 11 is 10.1. The van der Waals surface area contributed by atoms with E-state index in [-0.39, 0.29) is 11.9 Å². The van der Waals surface area contributed by atoms with E-state index in [2.05, 4.69) is 15.9 Å². The average Bonchev–Trinajstić information content (AvgIpc) is 2.88. The molecule has 1 saturated heterocycles. The molecule has 2 fully saturated rings. The molecule has 3 rings (SSSR count). The molecule has 0 spiro atoms. The lowest BCUT2D eigenvalue weighted by atomic mass is 9.94. The van der Waals surface area contributed by atoms with Crippen LogP contribution in [0.4, 0.5) is 0 Å². The number of rotatable bonds is 5. The van der Waals surface area contributed by atoms with E-state index in [1.807, 2.05) is 0 Å². The third-order valence-corrected chi connectivity index (χ3v) is 6.20. The maximum atomic E-state index is 12.9. The van der Waals surface area contributed by atoms with Gasteiger partial charge in [-0.1, -0.05) is 59.2 Å². The number of carbonyl (C=O) groups is 2. The third kappa shape index (κ3) is 4.47. The Morgan fingerprint density at radius 2 is 2.12 bits per heavy atom. The summed E-state index contributed by atoms with van der Waals surface area (Å²) in [6.45, 7) is -0.439. The largest absolute Gasteiger partial charge is 0.481 e. The zero-order chi connectivity index (χ0) is 18.7. The molecule has 26 heavy (non-hydrogen) atoms. The predicted octanol–water partition coefficient (Wildman–Crippen LogP) is 4.45. The van der Waals surface area contributed by atoms with Crippen molar-refractivity contribution in [2.75, 3.05) is 6.61 Å². The summed E-state index contributed by atoms with van der Waals surface area (Å²) < 4.78 is 6.74. The van der Waals surface area contributed by atoms with Crippen molar-refractivity contribution < 1.29 is 19.4 Å². The predicted molar refractivity (Wildman–Crippen MR) is 109 cm³/mol. The number of carboxylic acids is 1. The van der Waals surface area contributed by atoms with Gasteiger partial charge in [0.15, 0.2) is 6.61 Å². The Labute approximate surface area is 169 Å². The van der Waals surface area contributed by atoms with Crippen LogP contribution in [-0.4, -0.2) is 38.9 Å². The summed E-state index contributed by atoms with van der Waals surface area (Å²) in [7, 11) is 0. The molecule has 5 nitrogen and oxygen atoms in total. The van der Waals surface area contributed by atoms with Gasteiger partial charge in [-0.25, -0.2) is 4.79 Å². The first kappa shape index (κ1) is 19.4. The van der Waals surface area contributed by atoms with Gasteiger partial charge in [0.2, 0.25) is 0 Å². The number of hydrogen-bond acceptors (Lipinski definition) is 5. The first-order valence-electron chi connectivity index (χ1n) is 8.37. The first-order valence-corrected chi connectivity index (χ1v) is 10.4. The van der Waals surface area contributed by atoms with Gasteiger partial charge in [0.1, 0.15) is 10.1 Å². The van der Waals surface area contributed by atoms with E-state index in [0.717, 1.165) is 30.2 Å². The van der Waals surface area contributed by atoms with Crippen LogP contribution in [-0.2, 0) is 9.59 Å². The average molecular weight is 456 g/mol. The Bertz CT molecular complexity index is 774. The van der Waals surface area contributed by atoms with Crippen LogP contribution in [0.25, 0.3) is 6.08 Å². The first-order chi connectivity index (χ1) is 12.5. The fourth-order valence-corrected chi connectivity index (χ4v) is 4.95. The second-order valence-corrected chi connectivity index (χ2v) is 8.80. The van der Waals surface area contributed by atoms with Crippen molar-refractivity contribution in [3.8, 4) is 5.75 Å². The van der Waals surface area contributed by atoms with Crippen molar-refractivity contribution in [1.82, 2.24) is 4.90 Å². The maximum Gasteiger partial charge on any atom is 0.341 e. The summed E-state index contributed by atoms with van der Waals surface area (Å²) in [4.78, 5) is 26.0. The molecule has 8 heteroatoms. The van der Waals surface area contributed by atoms with Crippen molar-refractivity contribution in [2.24, 2.45) is 0 Å². The molecule has 0 atom stereocenters. The van der Waals surface area contributed by atoms with E-state index in [1.165, 1.54) is 18.2 Å². The van der Waals surface area contributed by atoms with Gasteiger partial charge in [-0.2, -0.15) is 0 Å². The van der Waals surface area contributed by atoms with Crippen LogP contribution in [0.1, 0.15) is 37.7 Å². The van der Waals surface area contributed by atoms with Crippen LogP contribution in [0.5, 0.6) is 5.75 Å². The van der Waals surface area contributed by atoms with Crippen LogP contribution in [0.2, 0.25) is 0 Å². The fourth-order valence-electron chi connectivity index (χ4n) is 3.18. The van der Waals surface area contributed by atoms with E-state index in [9.17, 15) is 9.59 Å². The monoisotopic (exact) mass is 455 g/mol. The Hall–Kier alpha value is -1.38. The lowest BCUT2D eigenvalue weighted by Gasteiger charge is -2.29. The van der Waals surface area contributed by atoms with Crippen LogP contribution in [0.3, 0.4) is 0 Å². The zero-order valence-electron chi connectivity index (χ0n) is 13.9. The number of ether oxygens (including phenoxy) is 1. The zero-order valence-corrected chi connectivity index (χ0v) is 17.2. The number of nitrogens with zero attached hydrogens (tertiary/aromatic N) is 1. The van der Waals surface area contributed by atoms with E-state index in [0.29, 0.717) is 20.5 Å². The molecule has 1 N–H and O–H groups in total. The Balaban J connectivity index is 1.85. The number of carboxylic acid groups (broad SMARTS) is 1. The van der Waals surface area contributed by atoms with Gasteiger partial charge < -0.3 is 9.84 Å². The van der Waals surface area contributed by atoms with Gasteiger partial charge in [-0.05, 0) is 37.1 Å². The van der Waals surface area contributed by atoms with Crippen molar-refractivity contribution in [2.45, 2.75) is 38.1 Å². The topological polar surface area (TPSA) is 66.8 Å². The second-order valence-electron chi connectivity index (χ2n) is 6.21. The van der Waals surface area contributed by atoms with Crippen molar-refractivity contribution in [3.63, 3.8) is 0 Å². The van der Waals surface area contributed by atoms with Gasteiger partial charge in [-0.15, -0.1) is 0 Å². The SMILES string of the molecule is O=C(O)COc1ccc(Br)cc1/C=C1\SC(=S)N(C2CCCCC2)C1=O. The molecule has 0 aromatic heterocycles. The third-order valence-electron chi connectivity index (χ3n) is 4.37. The Kier molecular flexibility index (Phi) is 6.37. The number of halogens is 1. The minimum Gasteiger partial charge on any atom is -0.481 e. The molecule has 1 heterocycles. The van der Waals surface area contributed by atoms with Crippen LogP contribution in [0.15, 0.2) is 27.6 Å². The van der Waals surface area contributed by atoms with E-state index in [4.69, 9.17) is 22.1 Å². The molecule has 0 bridgehead atoms. The summed E-state index contributed by atoms with van der Waals surface area (Å²) in [5, 5.41) is 8.83. The number of thioether (sulfide) groups is 1. The number of thiocarbonyl (C=S) groups is 1. The Morgan fingerprint density at radius 3 is 2.81 bits per heavy atom. The van der Waals surface area contributed by atoms with Gasteiger partial charge in [0.25, 0.3) is 5.91 Å². The molecule has 1 aliphatic carbocycles. The van der Waals surface area contributed by atoms with E-state index in [1.54, 1.807) is 29.2 Å². The summed E-state index contributed by atoms with van der Waals surface area (Å²) in [6, 6.07) is 5.43. The highest BCUT2D eigenvalue weighted by atomic mass is 79.9. The normalized spacial score (nSPS) is 20.0. The highest BCUT2D eigenvalue weighted by molar-refractivity contribution is 9.10. The summed E-state index contributed by atoms with van der Waals surface area (Å²) in [5.74, 6) is -0.711. The second kappa shape index (κ2) is 8.54. The highest BCUT2D eigenvalue weighted by Gasteiger charge is 2.37. The molecular formula is C18H18BrNO4S2.